The fourth-order valence-corrected chi connectivity index (χ4v) is 2.14. The molecule has 88 valence electrons. The first-order valence-electron chi connectivity index (χ1n) is 6.03. The Balaban J connectivity index is 2.16. The van der Waals surface area contributed by atoms with Crippen molar-refractivity contribution >= 4 is 6.29 Å². The maximum absolute atomic E-state index is 10.6. The average Bonchev–Trinajstić information content (AvgIpc) is 2.38. The van der Waals surface area contributed by atoms with Gasteiger partial charge in [-0.05, 0) is 37.8 Å². The van der Waals surface area contributed by atoms with Crippen LogP contribution in [0.5, 0.6) is 0 Å². The molecule has 0 amide bonds. The molecule has 0 bridgehead atoms. The van der Waals surface area contributed by atoms with E-state index in [4.69, 9.17) is 0 Å². The van der Waals surface area contributed by atoms with Crippen LogP contribution in [0.2, 0.25) is 0 Å². The van der Waals surface area contributed by atoms with Gasteiger partial charge < -0.3 is 5.11 Å². The lowest BCUT2D eigenvalue weighted by Crippen LogP contribution is -2.29. The van der Waals surface area contributed by atoms with Crippen LogP contribution in [0.25, 0.3) is 0 Å². The Labute approximate surface area is 102 Å². The fourth-order valence-electron chi connectivity index (χ4n) is 2.14. The third-order valence-corrected chi connectivity index (χ3v) is 3.14. The van der Waals surface area contributed by atoms with Crippen molar-refractivity contribution in [3.05, 3.63) is 35.4 Å². The lowest BCUT2D eigenvalue weighted by molar-refractivity contribution is 0.0610. The quantitative estimate of drug-likeness (QED) is 0.592. The summed E-state index contributed by atoms with van der Waals surface area (Å²) < 4.78 is 0. The minimum atomic E-state index is -0.824. The zero-order chi connectivity index (χ0) is 12.1. The minimum Gasteiger partial charge on any atom is -0.378 e. The number of benzene rings is 1. The van der Waals surface area contributed by atoms with E-state index in [1.54, 1.807) is 18.2 Å². The smallest absolute Gasteiger partial charge is 0.150 e. The molecule has 0 atom stereocenters. The largest absolute Gasteiger partial charge is 0.378 e. The highest BCUT2D eigenvalue weighted by atomic mass is 16.3. The van der Waals surface area contributed by atoms with Crippen LogP contribution in [0.3, 0.4) is 0 Å². The molecule has 2 nitrogen and oxygen atoms in total. The van der Waals surface area contributed by atoms with E-state index in [1.807, 2.05) is 6.07 Å². The molecular weight excluding hydrogens is 212 g/mol. The summed E-state index contributed by atoms with van der Waals surface area (Å²) in [5, 5.41) is 10.2. The molecule has 0 unspecified atom stereocenters. The number of carbonyl (C=O) groups is 1. The summed E-state index contributed by atoms with van der Waals surface area (Å²) in [7, 11) is 0. The molecule has 0 radical (unpaired) electrons. The molecule has 0 aliphatic heterocycles. The predicted octanol–water partition coefficient (Wildman–Crippen LogP) is 2.55. The van der Waals surface area contributed by atoms with Gasteiger partial charge in [-0.15, -0.1) is 0 Å². The Bertz CT molecular complexity index is 459. The first-order valence-corrected chi connectivity index (χ1v) is 6.03. The number of hydrogen-bond acceptors (Lipinski definition) is 2. The molecule has 1 aliphatic rings. The first kappa shape index (κ1) is 11.9. The van der Waals surface area contributed by atoms with E-state index in [1.165, 1.54) is 6.42 Å². The molecule has 1 aromatic rings. The van der Waals surface area contributed by atoms with Crippen molar-refractivity contribution < 1.29 is 9.90 Å². The maximum Gasteiger partial charge on any atom is 0.150 e. The van der Waals surface area contributed by atoms with Crippen LogP contribution in [0.1, 0.15) is 48.0 Å². The number of aliphatic hydroxyl groups is 1. The molecule has 2 heteroatoms. The third-order valence-electron chi connectivity index (χ3n) is 3.14. The van der Waals surface area contributed by atoms with Gasteiger partial charge in [-0.2, -0.15) is 0 Å². The second-order valence-electron chi connectivity index (χ2n) is 4.59. The second kappa shape index (κ2) is 5.16. The van der Waals surface area contributed by atoms with Crippen LogP contribution < -0.4 is 0 Å². The number of aldehydes is 1. The lowest BCUT2D eigenvalue weighted by Gasteiger charge is -2.26. The topological polar surface area (TPSA) is 37.3 Å². The van der Waals surface area contributed by atoms with E-state index in [2.05, 4.69) is 11.8 Å². The summed E-state index contributed by atoms with van der Waals surface area (Å²) in [6.45, 7) is 0. The van der Waals surface area contributed by atoms with Gasteiger partial charge in [0.05, 0.1) is 0 Å². The summed E-state index contributed by atoms with van der Waals surface area (Å²) >= 11 is 0. The zero-order valence-electron chi connectivity index (χ0n) is 9.78. The Morgan fingerprint density at radius 2 is 2.00 bits per heavy atom. The molecule has 0 heterocycles. The SMILES string of the molecule is O=Cc1cccc(C#CC2(O)CCCCC2)c1. The number of carbonyl (C=O) groups excluding carboxylic acids is 1. The Morgan fingerprint density at radius 3 is 2.71 bits per heavy atom. The molecular formula is C15H16O2. The van der Waals surface area contributed by atoms with Gasteiger partial charge in [0.2, 0.25) is 0 Å². The van der Waals surface area contributed by atoms with Gasteiger partial charge in [0.15, 0.2) is 0 Å². The van der Waals surface area contributed by atoms with Crippen molar-refractivity contribution in [2.24, 2.45) is 0 Å². The van der Waals surface area contributed by atoms with Crippen molar-refractivity contribution in [1.82, 2.24) is 0 Å². The van der Waals surface area contributed by atoms with E-state index in [-0.39, 0.29) is 0 Å². The molecule has 1 fully saturated rings. The minimum absolute atomic E-state index is 0.618. The van der Waals surface area contributed by atoms with Gasteiger partial charge in [0.25, 0.3) is 0 Å². The zero-order valence-corrected chi connectivity index (χ0v) is 9.78. The highest BCUT2D eigenvalue weighted by molar-refractivity contribution is 5.75. The third kappa shape index (κ3) is 3.18. The molecule has 1 saturated carbocycles. The van der Waals surface area contributed by atoms with E-state index in [0.717, 1.165) is 37.5 Å². The van der Waals surface area contributed by atoms with Crippen molar-refractivity contribution in [3.63, 3.8) is 0 Å². The molecule has 1 N–H and O–H groups in total. The van der Waals surface area contributed by atoms with E-state index < -0.39 is 5.60 Å². The van der Waals surface area contributed by atoms with Crippen molar-refractivity contribution in [2.45, 2.75) is 37.7 Å². The maximum atomic E-state index is 10.6. The molecule has 0 saturated heterocycles. The summed E-state index contributed by atoms with van der Waals surface area (Å²) in [5.41, 5.74) is 0.580. The summed E-state index contributed by atoms with van der Waals surface area (Å²) in [5.74, 6) is 5.93. The van der Waals surface area contributed by atoms with Crippen LogP contribution in [-0.4, -0.2) is 17.0 Å². The highest BCUT2D eigenvalue weighted by Gasteiger charge is 2.26. The summed E-state index contributed by atoms with van der Waals surface area (Å²) in [4.78, 5) is 10.6. The lowest BCUT2D eigenvalue weighted by atomic mass is 9.85. The van der Waals surface area contributed by atoms with Crippen LogP contribution >= 0.6 is 0 Å². The predicted molar refractivity (Wildman–Crippen MR) is 66.7 cm³/mol. The van der Waals surface area contributed by atoms with Gasteiger partial charge in [0.1, 0.15) is 11.9 Å². The molecule has 1 aromatic carbocycles. The van der Waals surface area contributed by atoms with Gasteiger partial charge >= 0.3 is 0 Å². The van der Waals surface area contributed by atoms with E-state index in [9.17, 15) is 9.90 Å². The van der Waals surface area contributed by atoms with Gasteiger partial charge in [-0.1, -0.05) is 30.4 Å². The highest BCUT2D eigenvalue weighted by Crippen LogP contribution is 2.27. The van der Waals surface area contributed by atoms with Crippen LogP contribution in [-0.2, 0) is 0 Å². The molecule has 1 aliphatic carbocycles. The van der Waals surface area contributed by atoms with Gasteiger partial charge in [-0.25, -0.2) is 0 Å². The van der Waals surface area contributed by atoms with Crippen molar-refractivity contribution in [1.29, 1.82) is 0 Å². The van der Waals surface area contributed by atoms with Gasteiger partial charge in [0, 0.05) is 11.1 Å². The van der Waals surface area contributed by atoms with E-state index >= 15 is 0 Å². The Morgan fingerprint density at radius 1 is 1.24 bits per heavy atom. The molecule has 17 heavy (non-hydrogen) atoms. The molecule has 2 rings (SSSR count). The number of hydrogen-bond donors (Lipinski definition) is 1. The standard InChI is InChI=1S/C15H16O2/c16-12-14-6-4-5-13(11-14)7-10-15(17)8-2-1-3-9-15/h4-6,11-12,17H,1-3,8-9H2. The van der Waals surface area contributed by atoms with E-state index in [0.29, 0.717) is 5.56 Å². The molecule has 0 aromatic heterocycles. The van der Waals surface area contributed by atoms with Crippen molar-refractivity contribution in [2.75, 3.05) is 0 Å². The number of rotatable bonds is 1. The Hall–Kier alpha value is -1.59. The first-order chi connectivity index (χ1) is 8.22. The van der Waals surface area contributed by atoms with Crippen LogP contribution in [0.4, 0.5) is 0 Å². The van der Waals surface area contributed by atoms with Crippen molar-refractivity contribution in [3.8, 4) is 11.8 Å². The van der Waals surface area contributed by atoms with Gasteiger partial charge in [-0.3, -0.25) is 4.79 Å². The molecule has 0 spiro atoms. The van der Waals surface area contributed by atoms with Crippen LogP contribution in [0.15, 0.2) is 24.3 Å². The second-order valence-corrected chi connectivity index (χ2v) is 4.59. The summed E-state index contributed by atoms with van der Waals surface area (Å²) in [6.07, 6.45) is 5.59. The Kier molecular flexibility index (Phi) is 3.61. The normalized spacial score (nSPS) is 17.9. The van der Waals surface area contributed by atoms with Crippen LogP contribution in [0, 0.1) is 11.8 Å². The summed E-state index contributed by atoms with van der Waals surface area (Å²) in [6, 6.07) is 7.14. The fraction of sp³-hybridized carbons (Fsp3) is 0.400. The average molecular weight is 228 g/mol. The monoisotopic (exact) mass is 228 g/mol.